The summed E-state index contributed by atoms with van der Waals surface area (Å²) in [5, 5.41) is 2.58. The van der Waals surface area contributed by atoms with Gasteiger partial charge in [-0.05, 0) is 13.0 Å². The monoisotopic (exact) mass is 266 g/mol. The Kier molecular flexibility index (Phi) is 5.62. The van der Waals surface area contributed by atoms with Gasteiger partial charge in [-0.1, -0.05) is 18.2 Å². The number of methoxy groups -OCH3 is 1. The van der Waals surface area contributed by atoms with Crippen molar-refractivity contribution in [3.8, 4) is 5.75 Å². The first-order valence-corrected chi connectivity index (χ1v) is 5.75. The van der Waals surface area contributed by atoms with Crippen LogP contribution in [0.3, 0.4) is 0 Å². The first kappa shape index (κ1) is 14.8. The number of rotatable bonds is 4. The predicted octanol–water partition coefficient (Wildman–Crippen LogP) is -0.127. The number of nitrogens with one attached hydrogen (secondary N) is 3. The van der Waals surface area contributed by atoms with Crippen molar-refractivity contribution >= 4 is 11.9 Å². The topological polar surface area (TPSA) is 105 Å². The predicted molar refractivity (Wildman–Crippen MR) is 70.2 cm³/mol. The van der Waals surface area contributed by atoms with Gasteiger partial charge in [-0.15, -0.1) is 0 Å². The maximum absolute atomic E-state index is 11.4. The van der Waals surface area contributed by atoms with Gasteiger partial charge in [-0.25, -0.2) is 10.2 Å². The molecule has 0 saturated heterocycles. The van der Waals surface area contributed by atoms with Crippen molar-refractivity contribution in [3.63, 3.8) is 0 Å². The van der Waals surface area contributed by atoms with E-state index in [4.69, 9.17) is 10.5 Å². The lowest BCUT2D eigenvalue weighted by Crippen LogP contribution is -2.51. The molecule has 0 radical (unpaired) electrons. The summed E-state index contributed by atoms with van der Waals surface area (Å²) < 4.78 is 5.15. The Labute approximate surface area is 111 Å². The molecule has 104 valence electrons. The molecule has 0 unspecified atom stereocenters. The third kappa shape index (κ3) is 4.84. The van der Waals surface area contributed by atoms with Crippen LogP contribution in [0.1, 0.15) is 12.5 Å². The summed E-state index contributed by atoms with van der Waals surface area (Å²) in [6.45, 7) is 1.80. The molecule has 1 rings (SSSR count). The lowest BCUT2D eigenvalue weighted by Gasteiger charge is -2.12. The third-order valence-electron chi connectivity index (χ3n) is 2.34. The number of nitrogens with two attached hydrogens (primary N) is 1. The number of benzene rings is 1. The Morgan fingerprint density at radius 1 is 1.32 bits per heavy atom. The van der Waals surface area contributed by atoms with Gasteiger partial charge in [0.15, 0.2) is 0 Å². The second-order valence-electron chi connectivity index (χ2n) is 3.90. The van der Waals surface area contributed by atoms with Crippen molar-refractivity contribution in [1.29, 1.82) is 0 Å². The Balaban J connectivity index is 2.40. The molecular weight excluding hydrogens is 248 g/mol. The smallest absolute Gasteiger partial charge is 0.333 e. The van der Waals surface area contributed by atoms with Crippen molar-refractivity contribution in [2.45, 2.75) is 19.5 Å². The average molecular weight is 266 g/mol. The van der Waals surface area contributed by atoms with Gasteiger partial charge in [0.25, 0.3) is 5.91 Å². The molecule has 0 aromatic heterocycles. The van der Waals surface area contributed by atoms with Crippen LogP contribution in [0.2, 0.25) is 0 Å². The molecule has 0 fully saturated rings. The standard InChI is InChI=1S/C12H18N4O3/c1-8(13)11(17)15-16-12(18)14-7-9-5-3-4-6-10(9)19-2/h3-6,8H,7,13H2,1-2H3,(H,15,17)(H2,14,16,18)/t8-/m0/s1. The minimum atomic E-state index is -0.686. The molecule has 1 atom stereocenters. The fourth-order valence-corrected chi connectivity index (χ4v) is 1.30. The van der Waals surface area contributed by atoms with Crippen LogP contribution in [-0.4, -0.2) is 25.1 Å². The number of hydrogen-bond acceptors (Lipinski definition) is 4. The lowest BCUT2D eigenvalue weighted by atomic mass is 10.2. The van der Waals surface area contributed by atoms with Crippen molar-refractivity contribution in [2.75, 3.05) is 7.11 Å². The molecule has 0 aliphatic heterocycles. The molecule has 0 spiro atoms. The summed E-state index contributed by atoms with van der Waals surface area (Å²) in [5.41, 5.74) is 10.5. The maximum Gasteiger partial charge on any atom is 0.333 e. The van der Waals surface area contributed by atoms with E-state index < -0.39 is 18.0 Å². The van der Waals surface area contributed by atoms with Gasteiger partial charge in [0.1, 0.15) is 5.75 Å². The second kappa shape index (κ2) is 7.22. The highest BCUT2D eigenvalue weighted by Crippen LogP contribution is 2.16. The largest absolute Gasteiger partial charge is 0.496 e. The molecule has 1 aromatic carbocycles. The number of amides is 3. The lowest BCUT2D eigenvalue weighted by molar-refractivity contribution is -0.122. The number of hydrazine groups is 1. The zero-order valence-corrected chi connectivity index (χ0v) is 10.9. The van der Waals surface area contributed by atoms with E-state index in [1.807, 2.05) is 18.2 Å². The van der Waals surface area contributed by atoms with E-state index in [9.17, 15) is 9.59 Å². The molecule has 7 heteroatoms. The first-order valence-electron chi connectivity index (χ1n) is 5.75. The van der Waals surface area contributed by atoms with E-state index >= 15 is 0 Å². The van der Waals surface area contributed by atoms with Gasteiger partial charge >= 0.3 is 6.03 Å². The van der Waals surface area contributed by atoms with Gasteiger partial charge in [0.05, 0.1) is 13.2 Å². The summed E-state index contributed by atoms with van der Waals surface area (Å²) in [6.07, 6.45) is 0. The van der Waals surface area contributed by atoms with Gasteiger partial charge in [0.2, 0.25) is 0 Å². The Morgan fingerprint density at radius 2 is 2.00 bits per heavy atom. The van der Waals surface area contributed by atoms with E-state index in [1.54, 1.807) is 13.2 Å². The van der Waals surface area contributed by atoms with Crippen molar-refractivity contribution < 1.29 is 14.3 Å². The molecule has 0 saturated carbocycles. The molecule has 7 nitrogen and oxygen atoms in total. The van der Waals surface area contributed by atoms with E-state index in [1.165, 1.54) is 6.92 Å². The van der Waals surface area contributed by atoms with Gasteiger partial charge in [-0.2, -0.15) is 0 Å². The number of urea groups is 1. The molecule has 0 aliphatic carbocycles. The number of carbonyl (C=O) groups is 2. The highest BCUT2D eigenvalue weighted by molar-refractivity contribution is 5.84. The highest BCUT2D eigenvalue weighted by Gasteiger charge is 2.08. The molecule has 5 N–H and O–H groups in total. The molecule has 0 bridgehead atoms. The zero-order chi connectivity index (χ0) is 14.3. The molecule has 3 amide bonds. The van der Waals surface area contributed by atoms with Crippen LogP contribution in [0.5, 0.6) is 5.75 Å². The highest BCUT2D eigenvalue weighted by atomic mass is 16.5. The van der Waals surface area contributed by atoms with Crippen LogP contribution in [-0.2, 0) is 11.3 Å². The second-order valence-corrected chi connectivity index (χ2v) is 3.90. The Morgan fingerprint density at radius 3 is 2.63 bits per heavy atom. The summed E-state index contributed by atoms with van der Waals surface area (Å²) in [5.74, 6) is 0.217. The van der Waals surface area contributed by atoms with Crippen LogP contribution in [0.4, 0.5) is 4.79 Å². The fourth-order valence-electron chi connectivity index (χ4n) is 1.30. The van der Waals surface area contributed by atoms with Crippen molar-refractivity contribution in [1.82, 2.24) is 16.2 Å². The molecule has 0 aliphatic rings. The maximum atomic E-state index is 11.4. The summed E-state index contributed by atoms with van der Waals surface area (Å²) in [7, 11) is 1.56. The minimum Gasteiger partial charge on any atom is -0.496 e. The molecular formula is C12H18N4O3. The van der Waals surface area contributed by atoms with Gasteiger partial charge in [0, 0.05) is 12.1 Å². The van der Waals surface area contributed by atoms with Crippen molar-refractivity contribution in [2.24, 2.45) is 5.73 Å². The summed E-state index contributed by atoms with van der Waals surface area (Å²) in [4.78, 5) is 22.5. The average Bonchev–Trinajstić information content (AvgIpc) is 2.42. The number of ether oxygens (including phenoxy) is 1. The zero-order valence-electron chi connectivity index (χ0n) is 10.9. The van der Waals surface area contributed by atoms with E-state index in [2.05, 4.69) is 16.2 Å². The number of hydrogen-bond donors (Lipinski definition) is 4. The van der Waals surface area contributed by atoms with E-state index in [0.717, 1.165) is 5.56 Å². The molecule has 19 heavy (non-hydrogen) atoms. The fraction of sp³-hybridized carbons (Fsp3) is 0.333. The summed E-state index contributed by atoms with van der Waals surface area (Å²) in [6, 6.07) is 6.10. The van der Waals surface area contributed by atoms with E-state index in [-0.39, 0.29) is 6.54 Å². The van der Waals surface area contributed by atoms with Crippen LogP contribution in [0.15, 0.2) is 24.3 Å². The van der Waals surface area contributed by atoms with Crippen molar-refractivity contribution in [3.05, 3.63) is 29.8 Å². The summed E-state index contributed by atoms with van der Waals surface area (Å²) >= 11 is 0. The minimum absolute atomic E-state index is 0.282. The van der Waals surface area contributed by atoms with Crippen LogP contribution in [0, 0.1) is 0 Å². The van der Waals surface area contributed by atoms with E-state index in [0.29, 0.717) is 5.75 Å². The van der Waals surface area contributed by atoms with Crippen LogP contribution < -0.4 is 26.6 Å². The Bertz CT molecular complexity index is 448. The third-order valence-corrected chi connectivity index (χ3v) is 2.34. The number of carbonyl (C=O) groups excluding carboxylic acids is 2. The number of para-hydroxylation sites is 1. The van der Waals surface area contributed by atoms with Gasteiger partial charge in [-0.3, -0.25) is 10.2 Å². The molecule has 1 aromatic rings. The first-order chi connectivity index (χ1) is 9.04. The quantitative estimate of drug-likeness (QED) is 0.570. The van der Waals surface area contributed by atoms with Crippen LogP contribution in [0.25, 0.3) is 0 Å². The van der Waals surface area contributed by atoms with Crippen LogP contribution >= 0.6 is 0 Å². The molecule has 0 heterocycles. The Hall–Kier alpha value is -2.28. The van der Waals surface area contributed by atoms with Gasteiger partial charge < -0.3 is 15.8 Å². The normalized spacial score (nSPS) is 11.3. The SMILES string of the molecule is COc1ccccc1CNC(=O)NNC(=O)[C@H](C)N.